The van der Waals surface area contributed by atoms with E-state index in [0.717, 1.165) is 43.0 Å². The van der Waals surface area contributed by atoms with Gasteiger partial charge in [0.25, 0.3) is 0 Å². The van der Waals surface area contributed by atoms with Crippen LogP contribution >= 0.6 is 0 Å². The summed E-state index contributed by atoms with van der Waals surface area (Å²) in [6, 6.07) is 16.4. The molecule has 2 aromatic heterocycles. The van der Waals surface area contributed by atoms with Gasteiger partial charge in [-0.25, -0.2) is 4.98 Å². The van der Waals surface area contributed by atoms with Crippen LogP contribution in [0.1, 0.15) is 25.8 Å². The lowest BCUT2D eigenvalue weighted by Gasteiger charge is -2.20. The van der Waals surface area contributed by atoms with Crippen LogP contribution in [0.4, 0.5) is 11.8 Å². The van der Waals surface area contributed by atoms with E-state index in [1.807, 2.05) is 30.6 Å². The van der Waals surface area contributed by atoms with Gasteiger partial charge >= 0.3 is 0 Å². The average Bonchev–Trinajstić information content (AvgIpc) is 2.73. The zero-order valence-electron chi connectivity index (χ0n) is 17.0. The Morgan fingerprint density at radius 1 is 1.00 bits per heavy atom. The fourth-order valence-corrected chi connectivity index (χ4v) is 2.90. The number of rotatable bonds is 9. The third-order valence-corrected chi connectivity index (χ3v) is 4.66. The average molecular weight is 376 g/mol. The summed E-state index contributed by atoms with van der Waals surface area (Å²) in [6.45, 7) is 6.19. The van der Waals surface area contributed by atoms with Gasteiger partial charge in [-0.1, -0.05) is 44.2 Å². The molecule has 0 saturated heterocycles. The standard InChI is InChI=1S/C23H29N5/c1-18(2)9-15-25-23-26-21(20-7-5-4-6-8-20)17-22(27-23)28(3)16-12-19-10-13-24-14-11-19/h4-8,10-11,13-14,17-18H,9,12,15-16H2,1-3H3,(H,25,26,27). The van der Waals surface area contributed by atoms with Crippen LogP contribution in [0.2, 0.25) is 0 Å². The Morgan fingerprint density at radius 2 is 1.75 bits per heavy atom. The highest BCUT2D eigenvalue weighted by Gasteiger charge is 2.10. The van der Waals surface area contributed by atoms with E-state index in [2.05, 4.69) is 66.4 Å². The van der Waals surface area contributed by atoms with E-state index in [0.29, 0.717) is 11.9 Å². The molecule has 2 heterocycles. The Balaban J connectivity index is 1.79. The molecule has 0 bridgehead atoms. The molecule has 3 rings (SSSR count). The Bertz CT molecular complexity index is 849. The number of anilines is 2. The lowest BCUT2D eigenvalue weighted by molar-refractivity contribution is 0.606. The lowest BCUT2D eigenvalue weighted by atomic mass is 10.1. The fraction of sp³-hybridized carbons (Fsp3) is 0.348. The molecule has 0 aliphatic carbocycles. The molecule has 0 atom stereocenters. The van der Waals surface area contributed by atoms with E-state index in [4.69, 9.17) is 9.97 Å². The number of likely N-dealkylation sites (N-methyl/N-ethyl adjacent to an activating group) is 1. The van der Waals surface area contributed by atoms with Crippen molar-refractivity contribution >= 4 is 11.8 Å². The van der Waals surface area contributed by atoms with Crippen LogP contribution in [0.15, 0.2) is 60.9 Å². The second-order valence-corrected chi connectivity index (χ2v) is 7.44. The minimum atomic E-state index is 0.646. The predicted octanol–water partition coefficient (Wildman–Crippen LogP) is 4.68. The minimum absolute atomic E-state index is 0.646. The van der Waals surface area contributed by atoms with Crippen molar-refractivity contribution in [3.63, 3.8) is 0 Å². The van der Waals surface area contributed by atoms with E-state index in [-0.39, 0.29) is 0 Å². The Hall–Kier alpha value is -2.95. The van der Waals surface area contributed by atoms with Crippen molar-refractivity contribution in [3.05, 3.63) is 66.5 Å². The highest BCUT2D eigenvalue weighted by molar-refractivity contribution is 5.64. The summed E-state index contributed by atoms with van der Waals surface area (Å²) in [7, 11) is 2.08. The monoisotopic (exact) mass is 375 g/mol. The Kier molecular flexibility index (Phi) is 6.95. The molecular weight excluding hydrogens is 346 g/mol. The third kappa shape index (κ3) is 5.78. The minimum Gasteiger partial charge on any atom is -0.359 e. The van der Waals surface area contributed by atoms with E-state index < -0.39 is 0 Å². The summed E-state index contributed by atoms with van der Waals surface area (Å²) in [5.41, 5.74) is 3.31. The summed E-state index contributed by atoms with van der Waals surface area (Å²) in [6.07, 6.45) is 5.71. The van der Waals surface area contributed by atoms with Crippen molar-refractivity contribution in [2.75, 3.05) is 30.4 Å². The van der Waals surface area contributed by atoms with Crippen molar-refractivity contribution in [3.8, 4) is 11.3 Å². The molecule has 5 nitrogen and oxygen atoms in total. The summed E-state index contributed by atoms with van der Waals surface area (Å²) in [5, 5.41) is 3.40. The number of nitrogens with one attached hydrogen (secondary N) is 1. The van der Waals surface area contributed by atoms with E-state index >= 15 is 0 Å². The molecule has 0 unspecified atom stereocenters. The maximum Gasteiger partial charge on any atom is 0.225 e. The van der Waals surface area contributed by atoms with Gasteiger partial charge in [0, 0.05) is 44.2 Å². The molecule has 28 heavy (non-hydrogen) atoms. The van der Waals surface area contributed by atoms with Gasteiger partial charge in [0.2, 0.25) is 5.95 Å². The van der Waals surface area contributed by atoms with Gasteiger partial charge in [-0.3, -0.25) is 4.98 Å². The van der Waals surface area contributed by atoms with Crippen molar-refractivity contribution in [2.45, 2.75) is 26.7 Å². The van der Waals surface area contributed by atoms with Crippen LogP contribution in [-0.4, -0.2) is 35.1 Å². The third-order valence-electron chi connectivity index (χ3n) is 4.66. The summed E-state index contributed by atoms with van der Waals surface area (Å²) in [5.74, 6) is 2.26. The SMILES string of the molecule is CC(C)CCNc1nc(-c2ccccc2)cc(N(C)CCc2ccncc2)n1. The summed E-state index contributed by atoms with van der Waals surface area (Å²) < 4.78 is 0. The molecule has 0 aliphatic rings. The molecule has 0 spiro atoms. The molecule has 1 N–H and O–H groups in total. The molecule has 146 valence electrons. The van der Waals surface area contributed by atoms with Crippen LogP contribution in [-0.2, 0) is 6.42 Å². The number of aromatic nitrogens is 3. The Labute approximate surface area is 167 Å². The molecule has 0 amide bonds. The van der Waals surface area contributed by atoms with Crippen LogP contribution in [0.3, 0.4) is 0 Å². The van der Waals surface area contributed by atoms with Gasteiger partial charge in [0.1, 0.15) is 5.82 Å². The first-order valence-corrected chi connectivity index (χ1v) is 9.90. The molecule has 0 aliphatic heterocycles. The predicted molar refractivity (Wildman–Crippen MR) is 117 cm³/mol. The lowest BCUT2D eigenvalue weighted by Crippen LogP contribution is -2.22. The van der Waals surface area contributed by atoms with E-state index in [1.165, 1.54) is 5.56 Å². The molecule has 1 aromatic carbocycles. The van der Waals surface area contributed by atoms with Crippen LogP contribution < -0.4 is 10.2 Å². The van der Waals surface area contributed by atoms with Gasteiger partial charge in [-0.05, 0) is 36.5 Å². The van der Waals surface area contributed by atoms with E-state index in [9.17, 15) is 0 Å². The van der Waals surface area contributed by atoms with Gasteiger partial charge in [-0.15, -0.1) is 0 Å². The van der Waals surface area contributed by atoms with Gasteiger partial charge in [0.05, 0.1) is 5.69 Å². The molecular formula is C23H29N5. The molecule has 0 saturated carbocycles. The largest absolute Gasteiger partial charge is 0.359 e. The molecule has 0 fully saturated rings. The topological polar surface area (TPSA) is 53.9 Å². The first-order chi connectivity index (χ1) is 13.6. The van der Waals surface area contributed by atoms with Crippen LogP contribution in [0.5, 0.6) is 0 Å². The van der Waals surface area contributed by atoms with E-state index in [1.54, 1.807) is 0 Å². The van der Waals surface area contributed by atoms with Crippen LogP contribution in [0, 0.1) is 5.92 Å². The smallest absolute Gasteiger partial charge is 0.225 e. The van der Waals surface area contributed by atoms with Gasteiger partial charge in [0.15, 0.2) is 0 Å². The van der Waals surface area contributed by atoms with Gasteiger partial charge < -0.3 is 10.2 Å². The number of hydrogen-bond acceptors (Lipinski definition) is 5. The molecule has 5 heteroatoms. The van der Waals surface area contributed by atoms with Crippen molar-refractivity contribution < 1.29 is 0 Å². The number of benzene rings is 1. The van der Waals surface area contributed by atoms with Gasteiger partial charge in [-0.2, -0.15) is 4.98 Å². The molecule has 0 radical (unpaired) electrons. The highest BCUT2D eigenvalue weighted by Crippen LogP contribution is 2.23. The second-order valence-electron chi connectivity index (χ2n) is 7.44. The first-order valence-electron chi connectivity index (χ1n) is 9.90. The summed E-state index contributed by atoms with van der Waals surface area (Å²) >= 11 is 0. The highest BCUT2D eigenvalue weighted by atomic mass is 15.2. The Morgan fingerprint density at radius 3 is 2.46 bits per heavy atom. The van der Waals surface area contributed by atoms with Crippen molar-refractivity contribution in [2.24, 2.45) is 5.92 Å². The fourth-order valence-electron chi connectivity index (χ4n) is 2.90. The maximum atomic E-state index is 4.76. The normalized spacial score (nSPS) is 10.9. The zero-order chi connectivity index (χ0) is 19.8. The quantitative estimate of drug-likeness (QED) is 0.589. The summed E-state index contributed by atoms with van der Waals surface area (Å²) in [4.78, 5) is 15.8. The number of hydrogen-bond donors (Lipinski definition) is 1. The first kappa shape index (κ1) is 19.8. The zero-order valence-corrected chi connectivity index (χ0v) is 17.0. The maximum absolute atomic E-state index is 4.76. The molecule has 3 aromatic rings. The van der Waals surface area contributed by atoms with Crippen molar-refractivity contribution in [1.29, 1.82) is 0 Å². The number of nitrogens with zero attached hydrogens (tertiary/aromatic N) is 4. The van der Waals surface area contributed by atoms with Crippen LogP contribution in [0.25, 0.3) is 11.3 Å². The van der Waals surface area contributed by atoms with Crippen molar-refractivity contribution in [1.82, 2.24) is 15.0 Å². The second kappa shape index (κ2) is 9.83. The number of pyridine rings is 1.